The fraction of sp³-hybridized carbons (Fsp3) is 0.250. The summed E-state index contributed by atoms with van der Waals surface area (Å²) in [6, 6.07) is 0. The van der Waals surface area contributed by atoms with Gasteiger partial charge < -0.3 is 5.11 Å². The number of allylic oxidation sites excluding steroid dienone is 1. The number of hydrogen-bond donors (Lipinski definition) is 1. The van der Waals surface area contributed by atoms with Crippen LogP contribution in [-0.2, 0) is 11.3 Å². The number of rotatable bonds is 3. The van der Waals surface area contributed by atoms with Crippen molar-refractivity contribution in [1.82, 2.24) is 4.57 Å². The highest BCUT2D eigenvalue weighted by Gasteiger charge is 2.08. The van der Waals surface area contributed by atoms with Crippen LogP contribution in [0.1, 0.15) is 11.8 Å². The summed E-state index contributed by atoms with van der Waals surface area (Å²) in [4.78, 5) is 21.4. The van der Waals surface area contributed by atoms with Crippen LogP contribution in [0.5, 0.6) is 5.88 Å². The third-order valence-electron chi connectivity index (χ3n) is 1.54. The number of nitrogens with zero attached hydrogens (tertiary/aromatic N) is 1. The van der Waals surface area contributed by atoms with Crippen molar-refractivity contribution < 1.29 is 9.90 Å². The lowest BCUT2D eigenvalue weighted by Crippen LogP contribution is -2.09. The summed E-state index contributed by atoms with van der Waals surface area (Å²) in [5, 5.41) is 9.44. The first-order valence-corrected chi connectivity index (χ1v) is 4.56. The summed E-state index contributed by atoms with van der Waals surface area (Å²) in [7, 11) is 0. The van der Waals surface area contributed by atoms with Crippen molar-refractivity contribution in [3.05, 3.63) is 20.6 Å². The number of hydrogen-bond acceptors (Lipinski definition) is 4. The summed E-state index contributed by atoms with van der Waals surface area (Å²) in [6.07, 6.45) is 3.26. The van der Waals surface area contributed by atoms with Crippen LogP contribution >= 0.6 is 11.3 Å². The van der Waals surface area contributed by atoms with Gasteiger partial charge in [-0.25, -0.2) is 0 Å². The second-order valence-corrected chi connectivity index (χ2v) is 3.29. The second kappa shape index (κ2) is 4.04. The second-order valence-electron chi connectivity index (χ2n) is 2.30. The Balaban J connectivity index is 3.18. The van der Waals surface area contributed by atoms with Crippen LogP contribution in [0.15, 0.2) is 10.9 Å². The molecule has 0 aliphatic rings. The summed E-state index contributed by atoms with van der Waals surface area (Å²) in [5.74, 6) is -0.0735. The third kappa shape index (κ3) is 1.86. The van der Waals surface area contributed by atoms with Crippen molar-refractivity contribution in [3.8, 4) is 5.88 Å². The molecule has 0 aromatic carbocycles. The van der Waals surface area contributed by atoms with E-state index in [0.29, 0.717) is 17.7 Å². The van der Waals surface area contributed by atoms with Crippen LogP contribution < -0.4 is 4.87 Å². The first kappa shape index (κ1) is 9.73. The SMILES string of the molecule is CCn1c(O)c(/C=C/C=O)sc1=O. The number of thiazole rings is 1. The summed E-state index contributed by atoms with van der Waals surface area (Å²) < 4.78 is 1.25. The molecule has 0 aliphatic heterocycles. The number of aldehydes is 1. The number of aromatic hydroxyl groups is 1. The molecule has 4 nitrogen and oxygen atoms in total. The highest BCUT2D eigenvalue weighted by molar-refractivity contribution is 7.10. The molecule has 0 unspecified atom stereocenters. The molecule has 1 aromatic heterocycles. The minimum atomic E-state index is -0.217. The fourth-order valence-electron chi connectivity index (χ4n) is 0.928. The highest BCUT2D eigenvalue weighted by atomic mass is 32.1. The average molecular weight is 199 g/mol. The van der Waals surface area contributed by atoms with E-state index in [0.717, 1.165) is 11.3 Å². The van der Waals surface area contributed by atoms with Crippen LogP contribution in [-0.4, -0.2) is 16.0 Å². The Bertz CT molecular complexity index is 389. The average Bonchev–Trinajstić information content (AvgIpc) is 2.38. The molecule has 0 radical (unpaired) electrons. The molecule has 0 fully saturated rings. The van der Waals surface area contributed by atoms with E-state index in [1.54, 1.807) is 6.92 Å². The molecule has 0 amide bonds. The summed E-state index contributed by atoms with van der Waals surface area (Å²) in [6.45, 7) is 2.19. The Morgan fingerprint density at radius 3 is 2.77 bits per heavy atom. The van der Waals surface area contributed by atoms with Gasteiger partial charge in [-0.1, -0.05) is 11.3 Å². The highest BCUT2D eigenvalue weighted by Crippen LogP contribution is 2.20. The van der Waals surface area contributed by atoms with Gasteiger partial charge >= 0.3 is 4.87 Å². The molecule has 0 saturated heterocycles. The quantitative estimate of drug-likeness (QED) is 0.580. The van der Waals surface area contributed by atoms with Crippen molar-refractivity contribution >= 4 is 23.7 Å². The van der Waals surface area contributed by atoms with Gasteiger partial charge in [0.25, 0.3) is 0 Å². The summed E-state index contributed by atoms with van der Waals surface area (Å²) >= 11 is 0.917. The van der Waals surface area contributed by atoms with Crippen LogP contribution in [0.4, 0.5) is 0 Å². The smallest absolute Gasteiger partial charge is 0.310 e. The fourth-order valence-corrected chi connectivity index (χ4v) is 1.79. The number of aromatic nitrogens is 1. The monoisotopic (exact) mass is 199 g/mol. The molecule has 1 rings (SSSR count). The van der Waals surface area contributed by atoms with Crippen molar-refractivity contribution in [2.45, 2.75) is 13.5 Å². The van der Waals surface area contributed by atoms with E-state index in [1.165, 1.54) is 16.7 Å². The predicted molar refractivity (Wildman–Crippen MR) is 51.0 cm³/mol. The third-order valence-corrected chi connectivity index (χ3v) is 2.47. The molecule has 1 N–H and O–H groups in total. The van der Waals surface area contributed by atoms with E-state index in [4.69, 9.17) is 0 Å². The van der Waals surface area contributed by atoms with Gasteiger partial charge in [0.2, 0.25) is 5.88 Å². The molecule has 1 aromatic rings. The largest absolute Gasteiger partial charge is 0.493 e. The van der Waals surface area contributed by atoms with E-state index < -0.39 is 0 Å². The van der Waals surface area contributed by atoms with E-state index in [9.17, 15) is 14.7 Å². The maximum absolute atomic E-state index is 11.2. The van der Waals surface area contributed by atoms with Crippen LogP contribution in [0.3, 0.4) is 0 Å². The Morgan fingerprint density at radius 2 is 2.31 bits per heavy atom. The van der Waals surface area contributed by atoms with Gasteiger partial charge in [0.15, 0.2) is 0 Å². The van der Waals surface area contributed by atoms with Crippen molar-refractivity contribution in [2.24, 2.45) is 0 Å². The van der Waals surface area contributed by atoms with Gasteiger partial charge in [-0.2, -0.15) is 0 Å². The Kier molecular flexibility index (Phi) is 3.02. The topological polar surface area (TPSA) is 59.3 Å². The first-order chi connectivity index (χ1) is 6.20. The molecule has 13 heavy (non-hydrogen) atoms. The molecule has 70 valence electrons. The van der Waals surface area contributed by atoms with Gasteiger partial charge in [0.05, 0.1) is 4.88 Å². The van der Waals surface area contributed by atoms with E-state index in [1.807, 2.05) is 0 Å². The number of carbonyl (C=O) groups is 1. The van der Waals surface area contributed by atoms with Crippen LogP contribution in [0.25, 0.3) is 6.08 Å². The molecule has 0 spiro atoms. The van der Waals surface area contributed by atoms with E-state index in [2.05, 4.69) is 0 Å². The maximum atomic E-state index is 11.2. The minimum absolute atomic E-state index is 0.0735. The Hall–Kier alpha value is -1.36. The van der Waals surface area contributed by atoms with Crippen molar-refractivity contribution in [1.29, 1.82) is 0 Å². The molecule has 0 aliphatic carbocycles. The molecule has 0 atom stereocenters. The molecule has 0 bridgehead atoms. The van der Waals surface area contributed by atoms with Crippen LogP contribution in [0, 0.1) is 0 Å². The molecule has 0 saturated carbocycles. The molecule has 1 heterocycles. The van der Waals surface area contributed by atoms with Crippen molar-refractivity contribution in [3.63, 3.8) is 0 Å². The zero-order valence-corrected chi connectivity index (χ0v) is 7.87. The first-order valence-electron chi connectivity index (χ1n) is 3.75. The van der Waals surface area contributed by atoms with Gasteiger partial charge in [0.1, 0.15) is 6.29 Å². The van der Waals surface area contributed by atoms with Crippen LogP contribution in [0.2, 0.25) is 0 Å². The van der Waals surface area contributed by atoms with Crippen molar-refractivity contribution in [2.75, 3.05) is 0 Å². The molecule has 5 heteroatoms. The zero-order chi connectivity index (χ0) is 9.84. The lowest BCUT2D eigenvalue weighted by molar-refractivity contribution is -0.104. The maximum Gasteiger partial charge on any atom is 0.310 e. The normalized spacial score (nSPS) is 10.8. The number of carbonyl (C=O) groups excluding carboxylic acids is 1. The molecular formula is C8H9NO3S. The van der Waals surface area contributed by atoms with Gasteiger partial charge in [-0.3, -0.25) is 14.2 Å². The van der Waals surface area contributed by atoms with Gasteiger partial charge in [-0.15, -0.1) is 0 Å². The van der Waals surface area contributed by atoms with Gasteiger partial charge in [-0.05, 0) is 19.1 Å². The Morgan fingerprint density at radius 1 is 1.62 bits per heavy atom. The van der Waals surface area contributed by atoms with E-state index >= 15 is 0 Å². The Labute approximate surface area is 78.8 Å². The zero-order valence-electron chi connectivity index (χ0n) is 7.06. The lowest BCUT2D eigenvalue weighted by atomic mass is 10.4. The summed E-state index contributed by atoms with van der Waals surface area (Å²) in [5.41, 5.74) is 0. The van der Waals surface area contributed by atoms with E-state index in [-0.39, 0.29) is 10.8 Å². The van der Waals surface area contributed by atoms with Gasteiger partial charge in [0, 0.05) is 6.54 Å². The molecular weight excluding hydrogens is 190 g/mol. The lowest BCUT2D eigenvalue weighted by Gasteiger charge is -1.95. The predicted octanol–water partition coefficient (Wildman–Crippen LogP) is 0.847. The standard InChI is InChI=1S/C8H9NO3S/c1-2-9-7(11)6(4-3-5-10)13-8(9)12/h3-5,11H,2H2,1H3/b4-3+. The minimum Gasteiger partial charge on any atom is -0.493 e.